The van der Waals surface area contributed by atoms with E-state index < -0.39 is 48.3 Å². The summed E-state index contributed by atoms with van der Waals surface area (Å²) in [5.41, 5.74) is -2.87. The van der Waals surface area contributed by atoms with Crippen molar-refractivity contribution in [1.82, 2.24) is 0 Å². The number of hydrogen-bond donors (Lipinski definition) is 4. The molecular formula is C12H16O10. The van der Waals surface area contributed by atoms with Crippen molar-refractivity contribution < 1.29 is 49.1 Å². The molecule has 124 valence electrons. The number of aliphatic hydroxyl groups is 1. The number of aliphatic carboxylic acids is 3. The predicted molar refractivity (Wildman–Crippen MR) is 66.7 cm³/mol. The number of carbonyl (C=O) groups is 5. The van der Waals surface area contributed by atoms with Crippen LogP contribution in [0.25, 0.3) is 0 Å². The minimum absolute atomic E-state index is 0.150. The van der Waals surface area contributed by atoms with Crippen molar-refractivity contribution in [2.45, 2.75) is 44.1 Å². The standard InChI is InChI=1S/C12H16O10/c13-7(14)3-1-2-4-9(17)22-10(18)6-12(21,11(19)20)5-8(15)16/h21H,1-6H2,(H,13,14)(H,15,16)(H,19,20). The molecule has 1 atom stereocenters. The van der Waals surface area contributed by atoms with Crippen molar-refractivity contribution in [3.05, 3.63) is 0 Å². The number of carboxylic acid groups (broad SMARTS) is 3. The van der Waals surface area contributed by atoms with Crippen molar-refractivity contribution in [2.24, 2.45) is 0 Å². The maximum atomic E-state index is 11.3. The molecule has 22 heavy (non-hydrogen) atoms. The van der Waals surface area contributed by atoms with E-state index in [-0.39, 0.29) is 25.7 Å². The molecule has 4 N–H and O–H groups in total. The highest BCUT2D eigenvalue weighted by atomic mass is 16.6. The fourth-order valence-corrected chi connectivity index (χ4v) is 1.46. The van der Waals surface area contributed by atoms with Crippen LogP contribution in [0, 0.1) is 0 Å². The smallest absolute Gasteiger partial charge is 0.336 e. The van der Waals surface area contributed by atoms with Crippen molar-refractivity contribution in [1.29, 1.82) is 0 Å². The minimum Gasteiger partial charge on any atom is -0.481 e. The molecule has 0 fully saturated rings. The van der Waals surface area contributed by atoms with Gasteiger partial charge < -0.3 is 25.2 Å². The van der Waals surface area contributed by atoms with Crippen LogP contribution < -0.4 is 0 Å². The summed E-state index contributed by atoms with van der Waals surface area (Å²) >= 11 is 0. The summed E-state index contributed by atoms with van der Waals surface area (Å²) in [6, 6.07) is 0. The molecule has 0 aromatic heterocycles. The van der Waals surface area contributed by atoms with Gasteiger partial charge >= 0.3 is 29.8 Å². The minimum atomic E-state index is -2.87. The van der Waals surface area contributed by atoms with Crippen LogP contribution in [0.15, 0.2) is 0 Å². The van der Waals surface area contributed by atoms with Gasteiger partial charge in [0.25, 0.3) is 0 Å². The average Bonchev–Trinajstić information content (AvgIpc) is 2.32. The van der Waals surface area contributed by atoms with Gasteiger partial charge in [0.1, 0.15) is 0 Å². The second-order valence-electron chi connectivity index (χ2n) is 4.53. The lowest BCUT2D eigenvalue weighted by Crippen LogP contribution is -2.43. The lowest BCUT2D eigenvalue weighted by atomic mass is 9.96. The fraction of sp³-hybridized carbons (Fsp3) is 0.583. The zero-order chi connectivity index (χ0) is 17.3. The summed E-state index contributed by atoms with van der Waals surface area (Å²) in [7, 11) is 0. The SMILES string of the molecule is O=C(O)CCCCC(=O)OC(=O)CC(O)(CC(=O)O)C(=O)O. The number of unbranched alkanes of at least 4 members (excludes halogenated alkanes) is 1. The van der Waals surface area contributed by atoms with Gasteiger partial charge in [-0.15, -0.1) is 0 Å². The topological polar surface area (TPSA) is 175 Å². The Labute approximate surface area is 124 Å². The van der Waals surface area contributed by atoms with Crippen LogP contribution in [0.4, 0.5) is 0 Å². The third-order valence-electron chi connectivity index (χ3n) is 2.53. The highest BCUT2D eigenvalue weighted by Gasteiger charge is 2.41. The second-order valence-corrected chi connectivity index (χ2v) is 4.53. The molecule has 0 spiro atoms. The summed E-state index contributed by atoms with van der Waals surface area (Å²) in [6.07, 6.45) is -2.50. The van der Waals surface area contributed by atoms with Crippen LogP contribution >= 0.6 is 0 Å². The summed E-state index contributed by atoms with van der Waals surface area (Å²) in [5, 5.41) is 35.2. The van der Waals surface area contributed by atoms with Gasteiger partial charge in [-0.1, -0.05) is 0 Å². The summed E-state index contributed by atoms with van der Waals surface area (Å²) < 4.78 is 4.24. The summed E-state index contributed by atoms with van der Waals surface area (Å²) in [6.45, 7) is 0. The predicted octanol–water partition coefficient (Wildman–Crippen LogP) is -0.618. The molecule has 0 saturated carbocycles. The molecule has 0 aromatic carbocycles. The first-order chi connectivity index (χ1) is 10.1. The van der Waals surface area contributed by atoms with E-state index in [2.05, 4.69) is 4.74 Å². The van der Waals surface area contributed by atoms with Gasteiger partial charge in [0.15, 0.2) is 5.60 Å². The zero-order valence-electron chi connectivity index (χ0n) is 11.5. The Morgan fingerprint density at radius 3 is 1.77 bits per heavy atom. The van der Waals surface area contributed by atoms with Gasteiger partial charge in [-0.05, 0) is 12.8 Å². The Kier molecular flexibility index (Phi) is 7.73. The lowest BCUT2D eigenvalue weighted by Gasteiger charge is -2.19. The Morgan fingerprint density at radius 1 is 0.773 bits per heavy atom. The van der Waals surface area contributed by atoms with Gasteiger partial charge in [-0.3, -0.25) is 19.2 Å². The first-order valence-electron chi connectivity index (χ1n) is 6.19. The molecule has 10 nitrogen and oxygen atoms in total. The molecule has 0 rings (SSSR count). The molecule has 0 radical (unpaired) electrons. The Morgan fingerprint density at radius 2 is 1.32 bits per heavy atom. The number of ether oxygens (including phenoxy) is 1. The summed E-state index contributed by atoms with van der Waals surface area (Å²) in [5.74, 6) is -7.00. The van der Waals surface area contributed by atoms with Gasteiger partial charge in [0.2, 0.25) is 0 Å². The van der Waals surface area contributed by atoms with Crippen molar-refractivity contribution in [2.75, 3.05) is 0 Å². The van der Waals surface area contributed by atoms with E-state index in [0.29, 0.717) is 0 Å². The molecule has 0 aromatic rings. The van der Waals surface area contributed by atoms with E-state index in [1.165, 1.54) is 0 Å². The number of carbonyl (C=O) groups excluding carboxylic acids is 2. The van der Waals surface area contributed by atoms with Gasteiger partial charge in [-0.2, -0.15) is 0 Å². The van der Waals surface area contributed by atoms with Crippen molar-refractivity contribution in [3.8, 4) is 0 Å². The first kappa shape index (κ1) is 19.5. The molecule has 0 aliphatic rings. The van der Waals surface area contributed by atoms with Gasteiger partial charge in [-0.25, -0.2) is 4.79 Å². The number of esters is 2. The van der Waals surface area contributed by atoms with E-state index in [9.17, 15) is 29.1 Å². The van der Waals surface area contributed by atoms with E-state index in [0.717, 1.165) is 0 Å². The van der Waals surface area contributed by atoms with E-state index in [1.54, 1.807) is 0 Å². The van der Waals surface area contributed by atoms with Gasteiger partial charge in [0.05, 0.1) is 12.8 Å². The molecule has 10 heteroatoms. The quantitative estimate of drug-likeness (QED) is 0.230. The largest absolute Gasteiger partial charge is 0.481 e. The van der Waals surface area contributed by atoms with Crippen LogP contribution in [0.5, 0.6) is 0 Å². The fourth-order valence-electron chi connectivity index (χ4n) is 1.46. The zero-order valence-corrected chi connectivity index (χ0v) is 11.5. The molecule has 0 amide bonds. The van der Waals surface area contributed by atoms with Crippen LogP contribution in [0.1, 0.15) is 38.5 Å². The molecule has 0 bridgehead atoms. The van der Waals surface area contributed by atoms with Crippen molar-refractivity contribution >= 4 is 29.8 Å². The van der Waals surface area contributed by atoms with E-state index in [4.69, 9.17) is 15.3 Å². The van der Waals surface area contributed by atoms with Crippen LogP contribution in [-0.2, 0) is 28.7 Å². The monoisotopic (exact) mass is 320 g/mol. The van der Waals surface area contributed by atoms with Crippen LogP contribution in [0.2, 0.25) is 0 Å². The lowest BCUT2D eigenvalue weighted by molar-refractivity contribution is -0.174. The maximum Gasteiger partial charge on any atom is 0.336 e. The first-order valence-corrected chi connectivity index (χ1v) is 6.19. The molecule has 1 unspecified atom stereocenters. The van der Waals surface area contributed by atoms with Crippen molar-refractivity contribution in [3.63, 3.8) is 0 Å². The highest BCUT2D eigenvalue weighted by Crippen LogP contribution is 2.17. The number of hydrogen-bond acceptors (Lipinski definition) is 7. The molecule has 0 saturated heterocycles. The molecular weight excluding hydrogens is 304 g/mol. The number of carboxylic acids is 3. The van der Waals surface area contributed by atoms with Gasteiger partial charge in [0, 0.05) is 12.8 Å². The molecule has 0 heterocycles. The average molecular weight is 320 g/mol. The molecule has 0 aliphatic heterocycles. The Balaban J connectivity index is 4.35. The van der Waals surface area contributed by atoms with E-state index >= 15 is 0 Å². The second kappa shape index (κ2) is 8.72. The molecule has 0 aliphatic carbocycles. The Hall–Kier alpha value is -2.49. The highest BCUT2D eigenvalue weighted by molar-refractivity contribution is 5.92. The third kappa shape index (κ3) is 7.94. The third-order valence-corrected chi connectivity index (χ3v) is 2.53. The van der Waals surface area contributed by atoms with Crippen LogP contribution in [0.3, 0.4) is 0 Å². The number of rotatable bonds is 10. The van der Waals surface area contributed by atoms with E-state index in [1.807, 2.05) is 0 Å². The summed E-state index contributed by atoms with van der Waals surface area (Å²) in [4.78, 5) is 54.1. The normalized spacial score (nSPS) is 13.0. The Bertz CT molecular complexity index is 469. The van der Waals surface area contributed by atoms with Crippen LogP contribution in [-0.4, -0.2) is 55.9 Å². The maximum absolute atomic E-state index is 11.3.